The standard InChI is InChI=1S/C15H23F2N3O/c1-11(18)8-15(21)20(7-6-19(2)3)10-12-4-5-13(16)9-14(12)17/h4-5,9,11H,6-8,10,18H2,1-3H3. The molecule has 0 saturated heterocycles. The summed E-state index contributed by atoms with van der Waals surface area (Å²) < 4.78 is 26.6. The summed E-state index contributed by atoms with van der Waals surface area (Å²) in [6, 6.07) is 3.14. The third-order valence-corrected chi connectivity index (χ3v) is 3.04. The summed E-state index contributed by atoms with van der Waals surface area (Å²) >= 11 is 0. The maximum atomic E-state index is 13.7. The van der Waals surface area contributed by atoms with Crippen molar-refractivity contribution in [2.45, 2.75) is 25.9 Å². The van der Waals surface area contributed by atoms with Crippen molar-refractivity contribution >= 4 is 5.91 Å². The predicted octanol–water partition coefficient (Wildman–Crippen LogP) is 1.59. The fourth-order valence-corrected chi connectivity index (χ4v) is 1.87. The number of carbonyl (C=O) groups is 1. The Labute approximate surface area is 124 Å². The number of likely N-dealkylation sites (N-methyl/N-ethyl adjacent to an activating group) is 1. The quantitative estimate of drug-likeness (QED) is 0.832. The van der Waals surface area contributed by atoms with Gasteiger partial charge in [-0.15, -0.1) is 0 Å². The second-order valence-corrected chi connectivity index (χ2v) is 5.54. The van der Waals surface area contributed by atoms with Crippen LogP contribution in [0.4, 0.5) is 8.78 Å². The highest BCUT2D eigenvalue weighted by molar-refractivity contribution is 5.76. The zero-order valence-corrected chi connectivity index (χ0v) is 12.8. The second-order valence-electron chi connectivity index (χ2n) is 5.54. The molecule has 1 atom stereocenters. The molecule has 0 radical (unpaired) electrons. The van der Waals surface area contributed by atoms with Crippen LogP contribution in [0.5, 0.6) is 0 Å². The molecule has 2 N–H and O–H groups in total. The van der Waals surface area contributed by atoms with Gasteiger partial charge in [-0.2, -0.15) is 0 Å². The molecule has 0 bridgehead atoms. The average Bonchev–Trinajstić information content (AvgIpc) is 2.35. The van der Waals surface area contributed by atoms with Crippen LogP contribution < -0.4 is 5.73 Å². The van der Waals surface area contributed by atoms with Gasteiger partial charge in [-0.05, 0) is 27.1 Å². The Morgan fingerprint density at radius 1 is 1.29 bits per heavy atom. The zero-order chi connectivity index (χ0) is 16.0. The number of amides is 1. The lowest BCUT2D eigenvalue weighted by molar-refractivity contribution is -0.132. The van der Waals surface area contributed by atoms with Crippen LogP contribution in [0.1, 0.15) is 18.9 Å². The van der Waals surface area contributed by atoms with Crippen molar-refractivity contribution in [3.8, 4) is 0 Å². The van der Waals surface area contributed by atoms with Crippen LogP contribution in [0, 0.1) is 11.6 Å². The van der Waals surface area contributed by atoms with E-state index >= 15 is 0 Å². The van der Waals surface area contributed by atoms with Gasteiger partial charge in [-0.25, -0.2) is 8.78 Å². The zero-order valence-electron chi connectivity index (χ0n) is 12.8. The molecular formula is C15H23F2N3O. The molecule has 0 spiro atoms. The number of hydrogen-bond donors (Lipinski definition) is 1. The van der Waals surface area contributed by atoms with Crippen LogP contribution in [-0.4, -0.2) is 48.9 Å². The van der Waals surface area contributed by atoms with E-state index in [0.717, 1.165) is 6.07 Å². The van der Waals surface area contributed by atoms with Crippen molar-refractivity contribution in [3.63, 3.8) is 0 Å². The lowest BCUT2D eigenvalue weighted by Gasteiger charge is -2.25. The average molecular weight is 299 g/mol. The minimum Gasteiger partial charge on any atom is -0.337 e. The fraction of sp³-hybridized carbons (Fsp3) is 0.533. The number of halogens is 2. The first-order valence-corrected chi connectivity index (χ1v) is 6.91. The molecule has 0 heterocycles. The molecule has 0 aliphatic rings. The lowest BCUT2D eigenvalue weighted by Crippen LogP contribution is -2.38. The molecule has 0 aliphatic heterocycles. The van der Waals surface area contributed by atoms with Crippen molar-refractivity contribution in [2.24, 2.45) is 5.73 Å². The second kappa shape index (κ2) is 8.05. The normalized spacial score (nSPS) is 12.5. The molecular weight excluding hydrogens is 276 g/mol. The number of hydrogen-bond acceptors (Lipinski definition) is 3. The number of nitrogens with zero attached hydrogens (tertiary/aromatic N) is 2. The number of rotatable bonds is 7. The summed E-state index contributed by atoms with van der Waals surface area (Å²) in [5, 5.41) is 0. The van der Waals surface area contributed by atoms with Crippen molar-refractivity contribution in [2.75, 3.05) is 27.2 Å². The molecule has 1 aromatic carbocycles. The lowest BCUT2D eigenvalue weighted by atomic mass is 10.1. The van der Waals surface area contributed by atoms with Crippen molar-refractivity contribution < 1.29 is 13.6 Å². The van der Waals surface area contributed by atoms with Crippen LogP contribution in [0.3, 0.4) is 0 Å². The van der Waals surface area contributed by atoms with E-state index in [1.807, 2.05) is 19.0 Å². The Balaban J connectivity index is 2.82. The molecule has 1 aromatic rings. The molecule has 118 valence electrons. The highest BCUT2D eigenvalue weighted by atomic mass is 19.1. The van der Waals surface area contributed by atoms with E-state index in [9.17, 15) is 13.6 Å². The van der Waals surface area contributed by atoms with Crippen LogP contribution >= 0.6 is 0 Å². The summed E-state index contributed by atoms with van der Waals surface area (Å²) in [5.41, 5.74) is 5.95. The predicted molar refractivity (Wildman–Crippen MR) is 78.6 cm³/mol. The topological polar surface area (TPSA) is 49.6 Å². The number of nitrogens with two attached hydrogens (primary N) is 1. The SMILES string of the molecule is CC(N)CC(=O)N(CCN(C)C)Cc1ccc(F)cc1F. The van der Waals surface area contributed by atoms with Gasteiger partial charge in [0.2, 0.25) is 5.91 Å². The molecule has 1 amide bonds. The van der Waals surface area contributed by atoms with Gasteiger partial charge in [0.15, 0.2) is 0 Å². The van der Waals surface area contributed by atoms with Crippen LogP contribution in [-0.2, 0) is 11.3 Å². The van der Waals surface area contributed by atoms with Gasteiger partial charge in [0, 0.05) is 43.7 Å². The number of carbonyl (C=O) groups excluding carboxylic acids is 1. The van der Waals surface area contributed by atoms with E-state index in [1.165, 1.54) is 12.1 Å². The largest absolute Gasteiger partial charge is 0.337 e. The fourth-order valence-electron chi connectivity index (χ4n) is 1.87. The molecule has 0 fully saturated rings. The first-order chi connectivity index (χ1) is 9.79. The summed E-state index contributed by atoms with van der Waals surface area (Å²) in [6.07, 6.45) is 0.205. The van der Waals surface area contributed by atoms with Crippen LogP contribution in [0.2, 0.25) is 0 Å². The summed E-state index contributed by atoms with van der Waals surface area (Å²) in [5.74, 6) is -1.40. The molecule has 0 saturated carbocycles. The van der Waals surface area contributed by atoms with Gasteiger partial charge in [0.25, 0.3) is 0 Å². The van der Waals surface area contributed by atoms with Crippen LogP contribution in [0.25, 0.3) is 0 Å². The highest BCUT2D eigenvalue weighted by Crippen LogP contribution is 2.13. The van der Waals surface area contributed by atoms with E-state index < -0.39 is 11.6 Å². The monoisotopic (exact) mass is 299 g/mol. The Morgan fingerprint density at radius 3 is 2.48 bits per heavy atom. The summed E-state index contributed by atoms with van der Waals surface area (Å²) in [7, 11) is 3.79. The van der Waals surface area contributed by atoms with Crippen LogP contribution in [0.15, 0.2) is 18.2 Å². The maximum absolute atomic E-state index is 13.7. The first-order valence-electron chi connectivity index (χ1n) is 6.91. The van der Waals surface area contributed by atoms with E-state index in [1.54, 1.807) is 11.8 Å². The minimum absolute atomic E-state index is 0.117. The molecule has 1 rings (SSSR count). The van der Waals surface area contributed by atoms with E-state index in [4.69, 9.17) is 5.73 Å². The van der Waals surface area contributed by atoms with E-state index in [2.05, 4.69) is 0 Å². The Kier molecular flexibility index (Phi) is 6.71. The molecule has 0 aliphatic carbocycles. The Morgan fingerprint density at radius 2 is 1.95 bits per heavy atom. The highest BCUT2D eigenvalue weighted by Gasteiger charge is 2.17. The van der Waals surface area contributed by atoms with Gasteiger partial charge in [0.1, 0.15) is 11.6 Å². The van der Waals surface area contributed by atoms with E-state index in [-0.39, 0.29) is 24.9 Å². The Bertz CT molecular complexity index is 478. The minimum atomic E-state index is -0.640. The first kappa shape index (κ1) is 17.5. The van der Waals surface area contributed by atoms with Gasteiger partial charge < -0.3 is 15.5 Å². The molecule has 4 nitrogen and oxygen atoms in total. The summed E-state index contributed by atoms with van der Waals surface area (Å²) in [4.78, 5) is 15.7. The number of benzene rings is 1. The van der Waals surface area contributed by atoms with Crippen molar-refractivity contribution in [3.05, 3.63) is 35.4 Å². The van der Waals surface area contributed by atoms with E-state index in [0.29, 0.717) is 18.7 Å². The van der Waals surface area contributed by atoms with Gasteiger partial charge in [-0.3, -0.25) is 4.79 Å². The van der Waals surface area contributed by atoms with Crippen molar-refractivity contribution in [1.82, 2.24) is 9.80 Å². The molecule has 6 heteroatoms. The smallest absolute Gasteiger partial charge is 0.224 e. The Hall–Kier alpha value is -1.53. The van der Waals surface area contributed by atoms with Crippen molar-refractivity contribution in [1.29, 1.82) is 0 Å². The maximum Gasteiger partial charge on any atom is 0.224 e. The molecule has 1 unspecified atom stereocenters. The summed E-state index contributed by atoms with van der Waals surface area (Å²) in [6.45, 7) is 2.99. The van der Waals surface area contributed by atoms with Gasteiger partial charge in [-0.1, -0.05) is 6.07 Å². The molecule has 0 aromatic heterocycles. The van der Waals surface area contributed by atoms with Gasteiger partial charge in [0.05, 0.1) is 0 Å². The molecule has 21 heavy (non-hydrogen) atoms. The van der Waals surface area contributed by atoms with Gasteiger partial charge >= 0.3 is 0 Å². The third-order valence-electron chi connectivity index (χ3n) is 3.04. The third kappa shape index (κ3) is 6.18.